The predicted octanol–water partition coefficient (Wildman–Crippen LogP) is 3.57. The summed E-state index contributed by atoms with van der Waals surface area (Å²) in [7, 11) is 0. The van der Waals surface area contributed by atoms with Crippen LogP contribution in [0, 0.1) is 0 Å². The summed E-state index contributed by atoms with van der Waals surface area (Å²) in [6.45, 7) is 1.38. The number of anilines is 2. The van der Waals surface area contributed by atoms with Gasteiger partial charge in [0.1, 0.15) is 0 Å². The van der Waals surface area contributed by atoms with Gasteiger partial charge in [0.05, 0.1) is 11.4 Å². The second kappa shape index (κ2) is 11.6. The maximum Gasteiger partial charge on any atom is 0.258 e. The standard InChI is InChI=1S/C27H37N7O/c28-15-2-1-6-18(29)7-3-8-19(30)9-5-17-34-24-13-12-20(23-14-16-32-27(31)33-23)21-10-4-11-22(25(21)24)26(34)35/h4,10-14,16,18-19H,1-3,5-9,15,17,28-30H2,(H2,31,32,33). The molecular weight excluding hydrogens is 438 g/mol. The van der Waals surface area contributed by atoms with E-state index in [-0.39, 0.29) is 23.9 Å². The second-order valence-electron chi connectivity index (χ2n) is 9.50. The predicted molar refractivity (Wildman–Crippen MR) is 143 cm³/mol. The molecule has 1 aliphatic heterocycles. The Morgan fingerprint density at radius 1 is 0.857 bits per heavy atom. The third-order valence-corrected chi connectivity index (χ3v) is 6.87. The lowest BCUT2D eigenvalue weighted by Gasteiger charge is -2.20. The summed E-state index contributed by atoms with van der Waals surface area (Å²) >= 11 is 0. The second-order valence-corrected chi connectivity index (χ2v) is 9.50. The molecule has 0 radical (unpaired) electrons. The summed E-state index contributed by atoms with van der Waals surface area (Å²) in [5, 5.41) is 1.97. The highest BCUT2D eigenvalue weighted by Gasteiger charge is 2.30. The fourth-order valence-corrected chi connectivity index (χ4v) is 5.01. The highest BCUT2D eigenvalue weighted by molar-refractivity contribution is 6.26. The molecule has 8 heteroatoms. The zero-order valence-corrected chi connectivity index (χ0v) is 20.3. The molecule has 2 unspecified atom stereocenters. The average Bonchev–Trinajstić information content (AvgIpc) is 3.12. The van der Waals surface area contributed by atoms with Crippen molar-refractivity contribution >= 4 is 28.3 Å². The molecule has 1 aliphatic rings. The third-order valence-electron chi connectivity index (χ3n) is 6.87. The van der Waals surface area contributed by atoms with E-state index >= 15 is 0 Å². The maximum absolute atomic E-state index is 13.2. The molecule has 0 saturated carbocycles. The molecule has 0 aliphatic carbocycles. The number of hydrogen-bond donors (Lipinski definition) is 4. The minimum absolute atomic E-state index is 0.0435. The van der Waals surface area contributed by atoms with Crippen molar-refractivity contribution in [1.29, 1.82) is 0 Å². The van der Waals surface area contributed by atoms with Gasteiger partial charge >= 0.3 is 0 Å². The van der Waals surface area contributed by atoms with Gasteiger partial charge in [0, 0.05) is 41.3 Å². The molecule has 0 spiro atoms. The number of carbonyl (C=O) groups excluding carboxylic acids is 1. The van der Waals surface area contributed by atoms with Crippen molar-refractivity contribution in [3.63, 3.8) is 0 Å². The molecule has 8 N–H and O–H groups in total. The Balaban J connectivity index is 1.36. The van der Waals surface area contributed by atoms with Gasteiger partial charge in [-0.05, 0) is 68.7 Å². The zero-order chi connectivity index (χ0) is 24.8. The number of hydrogen-bond acceptors (Lipinski definition) is 7. The number of nitrogens with zero attached hydrogens (tertiary/aromatic N) is 3. The van der Waals surface area contributed by atoms with E-state index in [2.05, 4.69) is 9.97 Å². The highest BCUT2D eigenvalue weighted by atomic mass is 16.2. The van der Waals surface area contributed by atoms with Gasteiger partial charge < -0.3 is 27.8 Å². The van der Waals surface area contributed by atoms with Crippen LogP contribution in [0.2, 0.25) is 0 Å². The molecule has 1 aromatic heterocycles. The molecule has 2 heterocycles. The number of amides is 1. The molecule has 2 atom stereocenters. The van der Waals surface area contributed by atoms with Gasteiger partial charge in [-0.25, -0.2) is 9.97 Å². The van der Waals surface area contributed by atoms with Crippen molar-refractivity contribution < 1.29 is 4.79 Å². The first-order valence-corrected chi connectivity index (χ1v) is 12.7. The summed E-state index contributed by atoms with van der Waals surface area (Å²) in [5.41, 5.74) is 27.3. The lowest BCUT2D eigenvalue weighted by Crippen LogP contribution is -2.29. The van der Waals surface area contributed by atoms with Crippen molar-refractivity contribution in [2.24, 2.45) is 17.2 Å². The van der Waals surface area contributed by atoms with Crippen LogP contribution in [0.5, 0.6) is 0 Å². The Morgan fingerprint density at radius 2 is 1.60 bits per heavy atom. The Kier molecular flexibility index (Phi) is 8.28. The van der Waals surface area contributed by atoms with E-state index in [0.29, 0.717) is 6.54 Å². The van der Waals surface area contributed by atoms with Gasteiger partial charge in [-0.15, -0.1) is 0 Å². The lowest BCUT2D eigenvalue weighted by molar-refractivity contribution is 0.0992. The number of unbranched alkanes of at least 4 members (excludes halogenated alkanes) is 1. The van der Waals surface area contributed by atoms with Crippen LogP contribution < -0.4 is 27.8 Å². The molecule has 0 fully saturated rings. The quantitative estimate of drug-likeness (QED) is 0.276. The van der Waals surface area contributed by atoms with E-state index in [1.165, 1.54) is 0 Å². The van der Waals surface area contributed by atoms with Crippen LogP contribution in [-0.4, -0.2) is 41.0 Å². The van der Waals surface area contributed by atoms with Crippen molar-refractivity contribution in [3.8, 4) is 11.3 Å². The van der Waals surface area contributed by atoms with E-state index in [4.69, 9.17) is 22.9 Å². The molecule has 3 aromatic rings. The molecule has 35 heavy (non-hydrogen) atoms. The summed E-state index contributed by atoms with van der Waals surface area (Å²) < 4.78 is 0. The molecule has 0 saturated heterocycles. The summed E-state index contributed by atoms with van der Waals surface area (Å²) in [6.07, 6.45) is 9.54. The normalized spacial score (nSPS) is 14.6. The maximum atomic E-state index is 13.2. The number of rotatable bonds is 13. The first kappa shape index (κ1) is 25.0. The molecule has 0 bridgehead atoms. The molecular formula is C27H37N7O. The van der Waals surface area contributed by atoms with Gasteiger partial charge in [0.2, 0.25) is 5.95 Å². The molecule has 4 rings (SSSR count). The van der Waals surface area contributed by atoms with E-state index in [1.807, 2.05) is 41.3 Å². The first-order valence-electron chi connectivity index (χ1n) is 12.7. The van der Waals surface area contributed by atoms with Crippen LogP contribution in [0.15, 0.2) is 42.6 Å². The largest absolute Gasteiger partial charge is 0.368 e. The molecule has 1 amide bonds. The van der Waals surface area contributed by atoms with Crippen molar-refractivity contribution in [3.05, 3.63) is 48.2 Å². The van der Waals surface area contributed by atoms with E-state index in [1.54, 1.807) is 6.20 Å². The summed E-state index contributed by atoms with van der Waals surface area (Å²) in [5.74, 6) is 0.273. The molecule has 8 nitrogen and oxygen atoms in total. The number of benzene rings is 2. The monoisotopic (exact) mass is 475 g/mol. The molecule has 2 aromatic carbocycles. The highest BCUT2D eigenvalue weighted by Crippen LogP contribution is 2.41. The number of nitrogens with two attached hydrogens (primary N) is 4. The molecule has 186 valence electrons. The van der Waals surface area contributed by atoms with Gasteiger partial charge in [0.15, 0.2) is 0 Å². The third kappa shape index (κ3) is 5.78. The smallest absolute Gasteiger partial charge is 0.258 e. The van der Waals surface area contributed by atoms with E-state index in [0.717, 1.165) is 91.2 Å². The number of carbonyl (C=O) groups is 1. The van der Waals surface area contributed by atoms with Gasteiger partial charge in [0.25, 0.3) is 5.91 Å². The van der Waals surface area contributed by atoms with Crippen LogP contribution in [0.3, 0.4) is 0 Å². The van der Waals surface area contributed by atoms with Crippen LogP contribution in [0.4, 0.5) is 11.6 Å². The van der Waals surface area contributed by atoms with Crippen LogP contribution >= 0.6 is 0 Å². The Labute approximate surface area is 207 Å². The van der Waals surface area contributed by atoms with Gasteiger partial charge in [-0.2, -0.15) is 0 Å². The average molecular weight is 476 g/mol. The minimum atomic E-state index is 0.0435. The zero-order valence-electron chi connectivity index (χ0n) is 20.3. The van der Waals surface area contributed by atoms with Gasteiger partial charge in [-0.1, -0.05) is 31.0 Å². The van der Waals surface area contributed by atoms with Crippen molar-refractivity contribution in [2.75, 3.05) is 23.7 Å². The van der Waals surface area contributed by atoms with Gasteiger partial charge in [-0.3, -0.25) is 4.79 Å². The van der Waals surface area contributed by atoms with Crippen molar-refractivity contribution in [2.45, 2.75) is 63.5 Å². The fourth-order valence-electron chi connectivity index (χ4n) is 5.01. The van der Waals surface area contributed by atoms with Crippen molar-refractivity contribution in [1.82, 2.24) is 9.97 Å². The minimum Gasteiger partial charge on any atom is -0.368 e. The van der Waals surface area contributed by atoms with Crippen LogP contribution in [0.1, 0.15) is 61.7 Å². The number of aromatic nitrogens is 2. The lowest BCUT2D eigenvalue weighted by atomic mass is 9.98. The topological polar surface area (TPSA) is 150 Å². The van der Waals surface area contributed by atoms with E-state index < -0.39 is 0 Å². The fraction of sp³-hybridized carbons (Fsp3) is 0.444. The Morgan fingerprint density at radius 3 is 2.34 bits per heavy atom. The Bertz CT molecular complexity index is 1170. The van der Waals surface area contributed by atoms with E-state index in [9.17, 15) is 4.79 Å². The van der Waals surface area contributed by atoms with Crippen LogP contribution in [-0.2, 0) is 0 Å². The van der Waals surface area contributed by atoms with Crippen LogP contribution in [0.25, 0.3) is 22.0 Å². The number of nitrogen functional groups attached to an aromatic ring is 1. The summed E-state index contributed by atoms with van der Waals surface area (Å²) in [4.78, 5) is 23.5. The SMILES string of the molecule is NCCCCC(N)CCCC(N)CCCN1C(=O)c2cccc3c(-c4ccnc(N)n4)ccc1c23. The summed E-state index contributed by atoms with van der Waals surface area (Å²) in [6, 6.07) is 12.1. The Hall–Kier alpha value is -3.07. The first-order chi connectivity index (χ1) is 17.0.